The molecule has 610 valence electrons. The lowest BCUT2D eigenvalue weighted by Crippen LogP contribution is -2.62. The lowest BCUT2D eigenvalue weighted by atomic mass is 10.0. The summed E-state index contributed by atoms with van der Waals surface area (Å²) >= 11 is 4.04. The second kappa shape index (κ2) is 48.0. The molecule has 0 aromatic rings. The van der Waals surface area contributed by atoms with E-state index in [4.69, 9.17) is 28.7 Å². The number of primary amides is 3. The van der Waals surface area contributed by atoms with Crippen molar-refractivity contribution in [1.29, 1.82) is 0 Å². The van der Waals surface area contributed by atoms with Crippen LogP contribution in [0.25, 0.3) is 0 Å². The molecule has 0 radical (unpaired) electrons. The molecule has 0 aromatic heterocycles. The lowest BCUT2D eigenvalue weighted by Gasteiger charge is -2.31. The molecule has 2 aliphatic rings. The van der Waals surface area contributed by atoms with Crippen LogP contribution < -0.4 is 92.5 Å². The maximum absolute atomic E-state index is 14.4. The fraction of sp³-hybridized carbons (Fsp3) is 0.719. The van der Waals surface area contributed by atoms with E-state index in [2.05, 4.69) is 76.4 Å². The number of carbonyl (C=O) groups excluding carboxylic acids is 17. The van der Waals surface area contributed by atoms with Crippen molar-refractivity contribution in [3.63, 3.8) is 0 Å². The fourth-order valence-corrected chi connectivity index (χ4v) is 11.6. The highest BCUT2D eigenvalue weighted by atomic mass is 32.1. The number of hydrogen-bond donors (Lipinski definition) is 24. The smallest absolute Gasteiger partial charge is 0.303 e. The number of rotatable bonds is 50. The van der Waals surface area contributed by atoms with Crippen molar-refractivity contribution in [3.8, 4) is 0 Å². The van der Waals surface area contributed by atoms with E-state index >= 15 is 0 Å². The van der Waals surface area contributed by atoms with Crippen molar-refractivity contribution in [1.82, 2.24) is 73.6 Å². The Balaban J connectivity index is 2.30. The van der Waals surface area contributed by atoms with Crippen LogP contribution in [-0.4, -0.2) is 296 Å². The summed E-state index contributed by atoms with van der Waals surface area (Å²) in [5, 5.41) is 87.3. The number of aliphatic hydroxyl groups is 5. The molecule has 2 heterocycles. The maximum atomic E-state index is 14.4. The molecule has 0 aromatic carbocycles. The Morgan fingerprint density at radius 1 is 0.444 bits per heavy atom. The van der Waals surface area contributed by atoms with Gasteiger partial charge in [0.05, 0.1) is 39.1 Å². The highest BCUT2D eigenvalue weighted by molar-refractivity contribution is 7.80. The van der Waals surface area contributed by atoms with Gasteiger partial charge < -0.3 is 133 Å². The number of aliphatic hydroxyl groups excluding tert-OH is 5. The van der Waals surface area contributed by atoms with Gasteiger partial charge >= 0.3 is 5.97 Å². The van der Waals surface area contributed by atoms with Crippen LogP contribution >= 0.6 is 12.6 Å². The summed E-state index contributed by atoms with van der Waals surface area (Å²) in [4.78, 5) is 242. The summed E-state index contributed by atoms with van der Waals surface area (Å²) in [7, 11) is 0. The number of amides is 17. The van der Waals surface area contributed by atoms with Gasteiger partial charge in [0, 0.05) is 38.1 Å². The number of nitrogens with one attached hydrogen (secondary N) is 12. The molecule has 15 atom stereocenters. The molecule has 2 saturated heterocycles. The van der Waals surface area contributed by atoms with Crippen LogP contribution in [0, 0.1) is 11.8 Å². The molecule has 108 heavy (non-hydrogen) atoms. The van der Waals surface area contributed by atoms with Gasteiger partial charge in [0.15, 0.2) is 0 Å². The highest BCUT2D eigenvalue weighted by Crippen LogP contribution is 2.23. The lowest BCUT2D eigenvalue weighted by molar-refractivity contribution is -0.143. The molecule has 28 N–H and O–H groups in total. The number of carbonyl (C=O) groups is 18. The van der Waals surface area contributed by atoms with Crippen molar-refractivity contribution in [2.75, 3.05) is 58.4 Å². The van der Waals surface area contributed by atoms with Crippen LogP contribution in [0.1, 0.15) is 131 Å². The molecule has 43 nitrogen and oxygen atoms in total. The van der Waals surface area contributed by atoms with Gasteiger partial charge in [0.2, 0.25) is 100 Å². The molecule has 1 unspecified atom stereocenters. The van der Waals surface area contributed by atoms with Gasteiger partial charge in [-0.1, -0.05) is 27.7 Å². The molecule has 0 spiro atoms. The van der Waals surface area contributed by atoms with Crippen molar-refractivity contribution in [3.05, 3.63) is 0 Å². The summed E-state index contributed by atoms with van der Waals surface area (Å²) in [6, 6.07) is -21.8. The summed E-state index contributed by atoms with van der Waals surface area (Å²) in [5.41, 5.74) is 27.3. The summed E-state index contributed by atoms with van der Waals surface area (Å²) in [6.07, 6.45) is -4.11. The zero-order valence-electron chi connectivity index (χ0n) is 61.0. The molecule has 17 amide bonds. The number of aliphatic carboxylic acids is 1. The first-order chi connectivity index (χ1) is 50.8. The van der Waals surface area contributed by atoms with Crippen LogP contribution in [0.4, 0.5) is 0 Å². The monoisotopic (exact) mass is 1560 g/mol. The second-order valence-electron chi connectivity index (χ2n) is 26.9. The average molecular weight is 1560 g/mol. The SMILES string of the molecule is CC(C)C[C@H](NC(=O)CNC(=O)[C@H](CO)NC(=O)[C@@H](NC(=O)[C@H](CCC(N)=O)NC(=O)[C@@H]1CCCN1C(=O)[C@H](CC(C)C)NC(=O)[C@H](CO)NC(=O)[C@H](CS)NC(=O)[C@@H](N)CO)C(C)O)C(=O)N[C@@H](CCC(N)=O)C(=O)N[C@@H](CCCCN)C(=O)N1CCC[C@H]1C(=O)N[C@@H](CCC(=O)O)C(=O)N[C@@H](CO)C(N)=O. The van der Waals surface area contributed by atoms with E-state index < -0.39 is 269 Å². The van der Waals surface area contributed by atoms with E-state index in [1.54, 1.807) is 27.7 Å². The van der Waals surface area contributed by atoms with Gasteiger partial charge in [-0.2, -0.15) is 12.6 Å². The van der Waals surface area contributed by atoms with Crippen molar-refractivity contribution in [2.24, 2.45) is 40.5 Å². The Morgan fingerprint density at radius 2 is 0.843 bits per heavy atom. The minimum atomic E-state index is -1.98. The van der Waals surface area contributed by atoms with Crippen LogP contribution in [0.3, 0.4) is 0 Å². The van der Waals surface area contributed by atoms with Crippen molar-refractivity contribution >= 4 is 119 Å². The van der Waals surface area contributed by atoms with Crippen LogP contribution in [0.5, 0.6) is 0 Å². The Kier molecular flexibility index (Phi) is 42.1. The Bertz CT molecular complexity index is 3150. The summed E-state index contributed by atoms with van der Waals surface area (Å²) < 4.78 is 0. The second-order valence-corrected chi connectivity index (χ2v) is 27.3. The minimum Gasteiger partial charge on any atom is -0.481 e. The zero-order valence-corrected chi connectivity index (χ0v) is 61.9. The number of nitrogens with two attached hydrogens (primary N) is 5. The standard InChI is InChI=1S/C64H109N19O24S/c1-30(2)22-38(57(100)72-34(13-16-46(67)89)54(97)75-37(10-6-7-19-65)63(106)82-20-8-11-44(82)60(103)74-36(15-18-49(92)93)55(98)77-40(26-85)51(69)94)71-48(91)24-70-53(96)41(27-86)79-62(105)50(32(5)88)81-56(99)35(14-17-47(68)90)73-61(104)45-12-9-21-83(45)64(107)39(23-31(3)4)76-58(101)42(28-87)78-59(102)43(29-108)80-52(95)33(66)25-84/h30-45,50,84-88,108H,6-29,65-66H2,1-5H3,(H2,67,89)(H2,68,90)(H2,69,94)(H,70,96)(H,71,91)(H,72,100)(H,73,104)(H,74,103)(H,75,97)(H,76,101)(H,77,98)(H,78,102)(H,79,105)(H,80,95)(H,81,99)(H,92,93)/t32?,33-,34-,35-,36-,37-,38-,39-,40-,41-,42-,43-,44-,45-,50-/m0/s1. The van der Waals surface area contributed by atoms with E-state index in [9.17, 15) is 117 Å². The number of carboxylic acids is 1. The number of likely N-dealkylation sites (tertiary alicyclic amines) is 2. The quantitative estimate of drug-likeness (QED) is 0.0199. The molecule has 0 saturated carbocycles. The zero-order chi connectivity index (χ0) is 81.8. The summed E-state index contributed by atoms with van der Waals surface area (Å²) in [6.45, 7) is 3.05. The van der Waals surface area contributed by atoms with Gasteiger partial charge in [0.1, 0.15) is 84.6 Å². The van der Waals surface area contributed by atoms with E-state index in [0.717, 1.165) is 16.7 Å². The summed E-state index contributed by atoms with van der Waals surface area (Å²) in [5.74, 6) is -19.6. The van der Waals surface area contributed by atoms with E-state index in [1.165, 1.54) is 0 Å². The topological polar surface area (TPSA) is 710 Å². The Morgan fingerprint density at radius 3 is 1.30 bits per heavy atom. The molecule has 0 bridgehead atoms. The third-order valence-corrected chi connectivity index (χ3v) is 17.5. The normalized spacial score (nSPS) is 17.7. The number of thiol groups is 1. The van der Waals surface area contributed by atoms with Gasteiger partial charge in [-0.3, -0.25) is 86.3 Å². The highest BCUT2D eigenvalue weighted by Gasteiger charge is 2.43. The van der Waals surface area contributed by atoms with Gasteiger partial charge in [-0.05, 0) is 102 Å². The first kappa shape index (κ1) is 94.6. The first-order valence-corrected chi connectivity index (χ1v) is 35.9. The van der Waals surface area contributed by atoms with Crippen LogP contribution in [0.15, 0.2) is 0 Å². The van der Waals surface area contributed by atoms with E-state index in [-0.39, 0.29) is 88.6 Å². The fourth-order valence-electron chi connectivity index (χ4n) is 11.3. The van der Waals surface area contributed by atoms with Gasteiger partial charge in [-0.25, -0.2) is 0 Å². The average Bonchev–Trinajstić information content (AvgIpc) is 1.62. The molecular weight excluding hydrogens is 1450 g/mol. The maximum Gasteiger partial charge on any atom is 0.303 e. The van der Waals surface area contributed by atoms with Crippen molar-refractivity contribution < 1.29 is 117 Å². The van der Waals surface area contributed by atoms with Crippen molar-refractivity contribution in [2.45, 2.75) is 222 Å². The van der Waals surface area contributed by atoms with Gasteiger partial charge in [-0.15, -0.1) is 0 Å². The molecule has 2 aliphatic heterocycles. The number of nitrogens with zero attached hydrogens (tertiary/aromatic N) is 2. The number of unbranched alkanes of at least 4 members (excludes halogenated alkanes) is 1. The largest absolute Gasteiger partial charge is 0.481 e. The van der Waals surface area contributed by atoms with Crippen LogP contribution in [-0.2, 0) is 86.3 Å². The molecule has 2 rings (SSSR count). The minimum absolute atomic E-state index is 0.00285. The predicted molar refractivity (Wildman–Crippen MR) is 380 cm³/mol. The number of hydrogen-bond acceptors (Lipinski definition) is 26. The third kappa shape index (κ3) is 32.2. The van der Waals surface area contributed by atoms with E-state index in [1.807, 2.05) is 0 Å². The molecule has 0 aliphatic carbocycles. The Hall–Kier alpha value is -9.47. The number of carboxylic acid groups (broad SMARTS) is 1. The Labute approximate surface area is 627 Å². The molecular formula is C64H109N19O24S. The third-order valence-electron chi connectivity index (χ3n) is 17.1. The van der Waals surface area contributed by atoms with E-state index in [0.29, 0.717) is 6.42 Å². The van der Waals surface area contributed by atoms with Gasteiger partial charge in [0.25, 0.3) is 0 Å². The molecule has 2 fully saturated rings. The first-order valence-electron chi connectivity index (χ1n) is 35.3. The van der Waals surface area contributed by atoms with Crippen LogP contribution in [0.2, 0.25) is 0 Å². The predicted octanol–water partition coefficient (Wildman–Crippen LogP) is -11.9. The molecule has 44 heteroatoms.